The van der Waals surface area contributed by atoms with Crippen molar-refractivity contribution in [2.45, 2.75) is 27.3 Å². The summed E-state index contributed by atoms with van der Waals surface area (Å²) in [6, 6.07) is 10.8. The van der Waals surface area contributed by atoms with E-state index < -0.39 is 11.8 Å². The van der Waals surface area contributed by atoms with E-state index in [2.05, 4.69) is 30.5 Å². The number of imidazole rings is 1. The average molecular weight is 461 g/mol. The van der Waals surface area contributed by atoms with Crippen molar-refractivity contribution >= 4 is 45.3 Å². The highest BCUT2D eigenvalue weighted by molar-refractivity contribution is 7.13. The molecule has 0 unspecified atom stereocenters. The predicted molar refractivity (Wildman–Crippen MR) is 125 cm³/mol. The summed E-state index contributed by atoms with van der Waals surface area (Å²) < 4.78 is 7.37. The molecule has 5 aromatic rings. The molecule has 9 nitrogen and oxygen atoms in total. The van der Waals surface area contributed by atoms with Gasteiger partial charge in [-0.05, 0) is 56.5 Å². The number of amides is 2. The highest BCUT2D eigenvalue weighted by Crippen LogP contribution is 2.29. The standard InChI is InChI=1S/C23H20N6O3S/c1-4-29-13(3)24-16-10-14(7-8-18(16)29)21(30)26-27-22(31)15-11-17(19-6-5-9-33-19)25-23-20(15)12(2)28-32-23/h5-11H,4H2,1-3H3,(H,26,30)(H,27,31). The van der Waals surface area contributed by atoms with Gasteiger partial charge in [-0.25, -0.2) is 9.97 Å². The maximum absolute atomic E-state index is 13.0. The summed E-state index contributed by atoms with van der Waals surface area (Å²) in [4.78, 5) is 35.6. The van der Waals surface area contributed by atoms with Crippen LogP contribution in [0.2, 0.25) is 0 Å². The van der Waals surface area contributed by atoms with Gasteiger partial charge in [0, 0.05) is 12.1 Å². The molecule has 0 spiro atoms. The van der Waals surface area contributed by atoms with Crippen molar-refractivity contribution in [1.29, 1.82) is 0 Å². The van der Waals surface area contributed by atoms with E-state index in [0.29, 0.717) is 27.9 Å². The Morgan fingerprint density at radius 3 is 2.67 bits per heavy atom. The molecule has 10 heteroatoms. The van der Waals surface area contributed by atoms with Crippen LogP contribution in [0.5, 0.6) is 0 Å². The fraction of sp³-hybridized carbons (Fsp3) is 0.174. The number of aryl methyl sites for hydroxylation is 3. The van der Waals surface area contributed by atoms with Gasteiger partial charge in [-0.1, -0.05) is 11.2 Å². The lowest BCUT2D eigenvalue weighted by Crippen LogP contribution is -2.41. The Hall–Kier alpha value is -4.05. The van der Waals surface area contributed by atoms with Crippen molar-refractivity contribution in [3.05, 3.63) is 64.4 Å². The number of carbonyl (C=O) groups is 2. The highest BCUT2D eigenvalue weighted by atomic mass is 32.1. The number of hydrogen-bond donors (Lipinski definition) is 2. The van der Waals surface area contributed by atoms with Crippen LogP contribution in [0.15, 0.2) is 46.3 Å². The Kier molecular flexibility index (Phi) is 5.14. The smallest absolute Gasteiger partial charge is 0.270 e. The van der Waals surface area contributed by atoms with Gasteiger partial charge in [0.1, 0.15) is 5.82 Å². The normalized spacial score (nSPS) is 11.2. The van der Waals surface area contributed by atoms with Crippen LogP contribution in [0.25, 0.3) is 32.7 Å². The first kappa shape index (κ1) is 20.8. The van der Waals surface area contributed by atoms with Gasteiger partial charge in [0.15, 0.2) is 0 Å². The predicted octanol–water partition coefficient (Wildman–Crippen LogP) is 4.01. The average Bonchev–Trinajstić information content (AvgIpc) is 3.55. The number of pyridine rings is 1. The zero-order valence-corrected chi connectivity index (χ0v) is 19.0. The first-order valence-corrected chi connectivity index (χ1v) is 11.2. The molecule has 2 amide bonds. The van der Waals surface area contributed by atoms with Gasteiger partial charge in [-0.2, -0.15) is 0 Å². The van der Waals surface area contributed by atoms with Crippen molar-refractivity contribution < 1.29 is 14.1 Å². The van der Waals surface area contributed by atoms with Crippen LogP contribution in [0.1, 0.15) is 39.2 Å². The molecule has 0 aliphatic rings. The molecule has 4 heterocycles. The molecule has 0 aliphatic heterocycles. The third-order valence-electron chi connectivity index (χ3n) is 5.44. The van der Waals surface area contributed by atoms with Crippen molar-refractivity contribution in [3.8, 4) is 10.6 Å². The lowest BCUT2D eigenvalue weighted by molar-refractivity contribution is 0.0847. The van der Waals surface area contributed by atoms with E-state index in [1.54, 1.807) is 25.1 Å². The van der Waals surface area contributed by atoms with Crippen molar-refractivity contribution in [1.82, 2.24) is 30.5 Å². The van der Waals surface area contributed by atoms with Crippen molar-refractivity contribution in [3.63, 3.8) is 0 Å². The summed E-state index contributed by atoms with van der Waals surface area (Å²) in [5.41, 5.74) is 8.78. The van der Waals surface area contributed by atoms with Gasteiger partial charge in [0.25, 0.3) is 17.5 Å². The van der Waals surface area contributed by atoms with E-state index in [9.17, 15) is 9.59 Å². The Balaban J connectivity index is 1.40. The third kappa shape index (κ3) is 3.64. The van der Waals surface area contributed by atoms with Crippen LogP contribution in [0, 0.1) is 13.8 Å². The van der Waals surface area contributed by atoms with Crippen LogP contribution in [-0.4, -0.2) is 31.5 Å². The molecule has 0 radical (unpaired) electrons. The minimum Gasteiger partial charge on any atom is -0.335 e. The molecule has 0 fully saturated rings. The Morgan fingerprint density at radius 1 is 1.09 bits per heavy atom. The summed E-state index contributed by atoms with van der Waals surface area (Å²) in [6.45, 7) is 6.50. The van der Waals surface area contributed by atoms with Gasteiger partial charge >= 0.3 is 0 Å². The Labute approximate surface area is 192 Å². The Morgan fingerprint density at radius 2 is 1.91 bits per heavy atom. The molecule has 0 saturated heterocycles. The third-order valence-corrected chi connectivity index (χ3v) is 6.33. The number of carbonyl (C=O) groups excluding carboxylic acids is 2. The molecule has 5 rings (SSSR count). The first-order valence-electron chi connectivity index (χ1n) is 10.3. The molecule has 0 aliphatic carbocycles. The second-order valence-electron chi connectivity index (χ2n) is 7.50. The van der Waals surface area contributed by atoms with Crippen molar-refractivity contribution in [2.75, 3.05) is 0 Å². The van der Waals surface area contributed by atoms with E-state index in [0.717, 1.165) is 28.3 Å². The monoisotopic (exact) mass is 460 g/mol. The summed E-state index contributed by atoms with van der Waals surface area (Å²) in [6.07, 6.45) is 0. The first-order chi connectivity index (χ1) is 16.0. The molecule has 0 saturated carbocycles. The summed E-state index contributed by atoms with van der Waals surface area (Å²) in [5, 5.41) is 6.37. The van der Waals surface area contributed by atoms with Gasteiger partial charge in [0.2, 0.25) is 0 Å². The molecule has 0 atom stereocenters. The minimum atomic E-state index is -0.493. The zero-order valence-electron chi connectivity index (χ0n) is 18.2. The Bertz CT molecular complexity index is 1520. The number of hydrogen-bond acceptors (Lipinski definition) is 7. The second kappa shape index (κ2) is 8.14. The number of fused-ring (bicyclic) bond motifs is 2. The lowest BCUT2D eigenvalue weighted by Gasteiger charge is -2.09. The van der Waals surface area contributed by atoms with E-state index in [-0.39, 0.29) is 5.71 Å². The van der Waals surface area contributed by atoms with E-state index in [1.807, 2.05) is 37.4 Å². The number of nitrogens with zero attached hydrogens (tertiary/aromatic N) is 4. The van der Waals surface area contributed by atoms with Crippen LogP contribution in [0.4, 0.5) is 0 Å². The van der Waals surface area contributed by atoms with Crippen LogP contribution in [-0.2, 0) is 6.54 Å². The number of nitrogens with one attached hydrogen (secondary N) is 2. The quantitative estimate of drug-likeness (QED) is 0.392. The van der Waals surface area contributed by atoms with Gasteiger partial charge in [0.05, 0.1) is 38.2 Å². The van der Waals surface area contributed by atoms with Crippen molar-refractivity contribution in [2.24, 2.45) is 0 Å². The topological polar surface area (TPSA) is 115 Å². The number of benzene rings is 1. The number of rotatable bonds is 4. The zero-order chi connectivity index (χ0) is 23.1. The number of hydrazine groups is 1. The highest BCUT2D eigenvalue weighted by Gasteiger charge is 2.20. The van der Waals surface area contributed by atoms with E-state index >= 15 is 0 Å². The van der Waals surface area contributed by atoms with Crippen LogP contribution < -0.4 is 10.9 Å². The molecule has 0 bridgehead atoms. The lowest BCUT2D eigenvalue weighted by atomic mass is 10.1. The van der Waals surface area contributed by atoms with Gasteiger partial charge in [-0.3, -0.25) is 20.4 Å². The summed E-state index contributed by atoms with van der Waals surface area (Å²) in [7, 11) is 0. The summed E-state index contributed by atoms with van der Waals surface area (Å²) in [5.74, 6) is -0.0579. The molecule has 1 aromatic carbocycles. The maximum atomic E-state index is 13.0. The van der Waals surface area contributed by atoms with Crippen LogP contribution in [0.3, 0.4) is 0 Å². The molecule has 33 heavy (non-hydrogen) atoms. The SMILES string of the molecule is CCn1c(C)nc2cc(C(=O)NNC(=O)c3cc(-c4cccs4)nc4onc(C)c34)ccc21. The van der Waals surface area contributed by atoms with E-state index in [4.69, 9.17) is 4.52 Å². The molecule has 166 valence electrons. The number of aromatic nitrogens is 4. The maximum Gasteiger partial charge on any atom is 0.270 e. The van der Waals surface area contributed by atoms with Crippen LogP contribution >= 0.6 is 11.3 Å². The minimum absolute atomic E-state index is 0.266. The van der Waals surface area contributed by atoms with Gasteiger partial charge < -0.3 is 9.09 Å². The van der Waals surface area contributed by atoms with E-state index in [1.165, 1.54) is 11.3 Å². The molecule has 2 N–H and O–H groups in total. The summed E-state index contributed by atoms with van der Waals surface area (Å²) >= 11 is 1.50. The largest absolute Gasteiger partial charge is 0.335 e. The molecule has 4 aromatic heterocycles. The number of thiophene rings is 1. The molecular formula is C23H20N6O3S. The molecular weight excluding hydrogens is 440 g/mol. The van der Waals surface area contributed by atoms with Gasteiger partial charge in [-0.15, -0.1) is 11.3 Å². The second-order valence-corrected chi connectivity index (χ2v) is 8.44. The fourth-order valence-corrected chi connectivity index (χ4v) is 4.55. The fourth-order valence-electron chi connectivity index (χ4n) is 3.87.